The third-order valence-electron chi connectivity index (χ3n) is 5.32. The smallest absolute Gasteiger partial charge is 0.317 e. The van der Waals surface area contributed by atoms with Crippen molar-refractivity contribution in [2.75, 3.05) is 13.6 Å². The van der Waals surface area contributed by atoms with E-state index in [-0.39, 0.29) is 35.5 Å². The number of carbonyl (C=O) groups is 3. The molecule has 8 heteroatoms. The number of urea groups is 1. The minimum atomic E-state index is -0.529. The number of hydrogen-bond acceptors (Lipinski definition) is 3. The molecule has 1 atom stereocenters. The van der Waals surface area contributed by atoms with Gasteiger partial charge in [0.25, 0.3) is 11.8 Å². The molecule has 1 heterocycles. The summed E-state index contributed by atoms with van der Waals surface area (Å²) in [5.41, 5.74) is 1.36. The van der Waals surface area contributed by atoms with Crippen LogP contribution in [-0.4, -0.2) is 47.3 Å². The zero-order valence-corrected chi connectivity index (χ0v) is 17.6. The molecule has 4 amide bonds. The molecule has 0 aromatic heterocycles. The Kier molecular flexibility index (Phi) is 6.72. The van der Waals surface area contributed by atoms with Crippen molar-refractivity contribution in [1.29, 1.82) is 0 Å². The summed E-state index contributed by atoms with van der Waals surface area (Å²) in [6.45, 7) is 2.30. The van der Waals surface area contributed by atoms with E-state index in [0.717, 1.165) is 0 Å². The van der Waals surface area contributed by atoms with Crippen LogP contribution in [-0.2, 0) is 6.54 Å². The quantitative estimate of drug-likeness (QED) is 0.671. The Morgan fingerprint density at radius 2 is 1.77 bits per heavy atom. The number of nitrogens with zero attached hydrogens (tertiary/aromatic N) is 2. The van der Waals surface area contributed by atoms with E-state index in [0.29, 0.717) is 36.1 Å². The van der Waals surface area contributed by atoms with Gasteiger partial charge in [-0.2, -0.15) is 0 Å². The normalized spacial score (nSPS) is 13.9. The number of fused-ring (bicyclic) bond motifs is 1. The molecule has 1 unspecified atom stereocenters. The first-order valence-corrected chi connectivity index (χ1v) is 10.1. The van der Waals surface area contributed by atoms with Gasteiger partial charge in [-0.25, -0.2) is 9.18 Å². The lowest BCUT2D eigenvalue weighted by Crippen LogP contribution is -2.42. The molecule has 158 valence electrons. The van der Waals surface area contributed by atoms with E-state index in [4.69, 9.17) is 11.6 Å². The highest BCUT2D eigenvalue weighted by molar-refractivity contribution is 6.31. The number of hydrogen-bond donors (Lipinski definition) is 1. The molecule has 0 aliphatic carbocycles. The van der Waals surface area contributed by atoms with Crippen LogP contribution in [0.4, 0.5) is 9.18 Å². The average Bonchev–Trinajstić information content (AvgIpc) is 2.99. The molecule has 0 fully saturated rings. The third kappa shape index (κ3) is 4.46. The number of imide groups is 1. The molecule has 0 saturated heterocycles. The van der Waals surface area contributed by atoms with Crippen LogP contribution in [0.5, 0.6) is 0 Å². The van der Waals surface area contributed by atoms with Gasteiger partial charge >= 0.3 is 6.03 Å². The number of carbonyl (C=O) groups excluding carboxylic acids is 3. The minimum Gasteiger partial charge on any atom is -0.334 e. The standard InChI is InChI=1S/C22H23ClFN3O3/c1-14(26(2)22(30)25-13-15-8-5-11-18(24)19(15)23)7-6-12-27-20(28)16-9-3-4-10-17(16)21(27)29/h3-5,8-11,14H,6-7,12-13H2,1-2H3,(H,25,30). The number of rotatable bonds is 7. The number of halogens is 2. The van der Waals surface area contributed by atoms with Crippen LogP contribution in [0.25, 0.3) is 0 Å². The van der Waals surface area contributed by atoms with E-state index in [2.05, 4.69) is 5.32 Å². The fourth-order valence-electron chi connectivity index (χ4n) is 3.36. The SMILES string of the molecule is CC(CCCN1C(=O)c2ccccc2C1=O)N(C)C(=O)NCc1cccc(F)c1Cl. The number of nitrogens with one attached hydrogen (secondary N) is 1. The van der Waals surface area contributed by atoms with Crippen molar-refractivity contribution in [3.63, 3.8) is 0 Å². The second kappa shape index (κ2) is 9.26. The summed E-state index contributed by atoms with van der Waals surface area (Å²) in [6, 6.07) is 10.8. The van der Waals surface area contributed by atoms with Gasteiger partial charge in [0.05, 0.1) is 16.1 Å². The Labute approximate surface area is 179 Å². The summed E-state index contributed by atoms with van der Waals surface area (Å²) in [7, 11) is 1.66. The zero-order chi connectivity index (χ0) is 21.8. The Balaban J connectivity index is 1.47. The van der Waals surface area contributed by atoms with Gasteiger partial charge in [0.1, 0.15) is 5.82 Å². The molecule has 0 spiro atoms. The lowest BCUT2D eigenvalue weighted by molar-refractivity contribution is 0.0648. The maximum atomic E-state index is 13.5. The van der Waals surface area contributed by atoms with Gasteiger partial charge in [0.15, 0.2) is 0 Å². The Bertz CT molecular complexity index is 947. The predicted octanol–water partition coefficient (Wildman–Crippen LogP) is 4.09. The van der Waals surface area contributed by atoms with Gasteiger partial charge in [0.2, 0.25) is 0 Å². The summed E-state index contributed by atoms with van der Waals surface area (Å²) in [5, 5.41) is 2.72. The van der Waals surface area contributed by atoms with Gasteiger partial charge in [-0.15, -0.1) is 0 Å². The Hall–Kier alpha value is -2.93. The maximum absolute atomic E-state index is 13.5. The molecule has 3 rings (SSSR count). The van der Waals surface area contributed by atoms with Crippen LogP contribution in [0.2, 0.25) is 5.02 Å². The summed E-state index contributed by atoms with van der Waals surface area (Å²) in [6.07, 6.45) is 1.18. The lowest BCUT2D eigenvalue weighted by atomic mass is 10.1. The highest BCUT2D eigenvalue weighted by atomic mass is 35.5. The number of amides is 4. The van der Waals surface area contributed by atoms with Crippen LogP contribution in [0.1, 0.15) is 46.0 Å². The Morgan fingerprint density at radius 1 is 1.13 bits per heavy atom. The predicted molar refractivity (Wildman–Crippen MR) is 112 cm³/mol. The van der Waals surface area contributed by atoms with Crippen molar-refractivity contribution in [2.45, 2.75) is 32.4 Å². The van der Waals surface area contributed by atoms with E-state index < -0.39 is 5.82 Å². The third-order valence-corrected chi connectivity index (χ3v) is 5.75. The van der Waals surface area contributed by atoms with Crippen LogP contribution in [0, 0.1) is 5.82 Å². The van der Waals surface area contributed by atoms with Crippen molar-refractivity contribution in [3.05, 3.63) is 70.0 Å². The number of benzene rings is 2. The van der Waals surface area contributed by atoms with Gasteiger partial charge in [-0.1, -0.05) is 35.9 Å². The van der Waals surface area contributed by atoms with E-state index in [1.807, 2.05) is 6.92 Å². The lowest BCUT2D eigenvalue weighted by Gasteiger charge is -2.26. The van der Waals surface area contributed by atoms with Gasteiger partial charge in [0, 0.05) is 26.2 Å². The average molecular weight is 432 g/mol. The van der Waals surface area contributed by atoms with Crippen molar-refractivity contribution < 1.29 is 18.8 Å². The molecule has 2 aromatic rings. The molecule has 1 aliphatic heterocycles. The zero-order valence-electron chi connectivity index (χ0n) is 16.8. The largest absolute Gasteiger partial charge is 0.334 e. The highest BCUT2D eigenvalue weighted by Gasteiger charge is 2.34. The van der Waals surface area contributed by atoms with Crippen LogP contribution < -0.4 is 5.32 Å². The Morgan fingerprint density at radius 3 is 2.40 bits per heavy atom. The molecular weight excluding hydrogens is 409 g/mol. The molecule has 2 aromatic carbocycles. The van der Waals surface area contributed by atoms with Gasteiger partial charge in [-0.05, 0) is 43.5 Å². The van der Waals surface area contributed by atoms with E-state index in [9.17, 15) is 18.8 Å². The summed E-state index contributed by atoms with van der Waals surface area (Å²) >= 11 is 5.91. The van der Waals surface area contributed by atoms with Crippen molar-refractivity contribution in [3.8, 4) is 0 Å². The summed E-state index contributed by atoms with van der Waals surface area (Å²) < 4.78 is 13.5. The summed E-state index contributed by atoms with van der Waals surface area (Å²) in [5.74, 6) is -1.08. The van der Waals surface area contributed by atoms with Gasteiger partial charge < -0.3 is 10.2 Å². The van der Waals surface area contributed by atoms with Crippen molar-refractivity contribution in [1.82, 2.24) is 15.1 Å². The molecule has 0 bridgehead atoms. The van der Waals surface area contributed by atoms with Crippen LogP contribution in [0.15, 0.2) is 42.5 Å². The van der Waals surface area contributed by atoms with Crippen molar-refractivity contribution in [2.24, 2.45) is 0 Å². The fraction of sp³-hybridized carbons (Fsp3) is 0.318. The fourth-order valence-corrected chi connectivity index (χ4v) is 3.55. The van der Waals surface area contributed by atoms with Crippen molar-refractivity contribution >= 4 is 29.4 Å². The molecular formula is C22H23ClFN3O3. The van der Waals surface area contributed by atoms with E-state index >= 15 is 0 Å². The molecule has 0 radical (unpaired) electrons. The monoisotopic (exact) mass is 431 g/mol. The first-order chi connectivity index (χ1) is 14.3. The second-order valence-corrected chi connectivity index (χ2v) is 7.66. The maximum Gasteiger partial charge on any atom is 0.317 e. The van der Waals surface area contributed by atoms with Crippen LogP contribution >= 0.6 is 11.6 Å². The van der Waals surface area contributed by atoms with E-state index in [1.165, 1.54) is 21.9 Å². The highest BCUT2D eigenvalue weighted by Crippen LogP contribution is 2.23. The molecule has 1 aliphatic rings. The first kappa shape index (κ1) is 21.8. The minimum absolute atomic E-state index is 0.00514. The van der Waals surface area contributed by atoms with E-state index in [1.54, 1.807) is 37.4 Å². The molecule has 0 saturated carbocycles. The topological polar surface area (TPSA) is 69.7 Å². The molecule has 6 nitrogen and oxygen atoms in total. The van der Waals surface area contributed by atoms with Gasteiger partial charge in [-0.3, -0.25) is 14.5 Å². The molecule has 1 N–H and O–H groups in total. The summed E-state index contributed by atoms with van der Waals surface area (Å²) in [4.78, 5) is 40.0. The molecule has 30 heavy (non-hydrogen) atoms. The van der Waals surface area contributed by atoms with Crippen LogP contribution in [0.3, 0.4) is 0 Å². The first-order valence-electron chi connectivity index (χ1n) is 9.70. The second-order valence-electron chi connectivity index (χ2n) is 7.28.